The second-order valence-corrected chi connectivity index (χ2v) is 4.53. The molecule has 0 aliphatic heterocycles. The van der Waals surface area contributed by atoms with Gasteiger partial charge in [-0.3, -0.25) is 4.68 Å². The Kier molecular flexibility index (Phi) is 3.96. The summed E-state index contributed by atoms with van der Waals surface area (Å²) in [6, 6.07) is 2.04. The van der Waals surface area contributed by atoms with Crippen molar-refractivity contribution >= 4 is 0 Å². The first-order chi connectivity index (χ1) is 7.81. The number of nitrogens with two attached hydrogens (primary N) is 1. The molecule has 2 rings (SSSR count). The van der Waals surface area contributed by atoms with Crippen LogP contribution in [0.1, 0.15) is 25.0 Å². The summed E-state index contributed by atoms with van der Waals surface area (Å²) in [5, 5.41) is 4.14. The highest BCUT2D eigenvalue weighted by Gasteiger charge is 2.26. The van der Waals surface area contributed by atoms with Crippen LogP contribution in [-0.2, 0) is 18.2 Å². The molecule has 2 atom stereocenters. The molecule has 0 amide bonds. The summed E-state index contributed by atoms with van der Waals surface area (Å²) in [7, 11) is 1.97. The molecule has 16 heavy (non-hydrogen) atoms. The third kappa shape index (κ3) is 2.62. The Morgan fingerprint density at radius 1 is 1.56 bits per heavy atom. The van der Waals surface area contributed by atoms with E-state index in [2.05, 4.69) is 5.10 Å². The summed E-state index contributed by atoms with van der Waals surface area (Å²) in [4.78, 5) is 0. The SMILES string of the molecule is Cn1nccc1CCOC1CCCC1CN. The zero-order valence-electron chi connectivity index (χ0n) is 9.93. The fourth-order valence-corrected chi connectivity index (χ4v) is 2.45. The van der Waals surface area contributed by atoms with Gasteiger partial charge in [-0.25, -0.2) is 0 Å². The molecule has 0 spiro atoms. The summed E-state index contributed by atoms with van der Waals surface area (Å²) in [5.74, 6) is 0.575. The first-order valence-electron chi connectivity index (χ1n) is 6.10. The largest absolute Gasteiger partial charge is 0.377 e. The monoisotopic (exact) mass is 223 g/mol. The average Bonchev–Trinajstić information content (AvgIpc) is 2.88. The van der Waals surface area contributed by atoms with Gasteiger partial charge >= 0.3 is 0 Å². The maximum atomic E-state index is 5.91. The topological polar surface area (TPSA) is 53.1 Å². The Balaban J connectivity index is 1.74. The molecular formula is C12H21N3O. The molecular weight excluding hydrogens is 202 g/mol. The van der Waals surface area contributed by atoms with E-state index < -0.39 is 0 Å². The molecule has 0 bridgehead atoms. The number of aromatic nitrogens is 2. The van der Waals surface area contributed by atoms with Crippen molar-refractivity contribution in [2.75, 3.05) is 13.2 Å². The summed E-state index contributed by atoms with van der Waals surface area (Å²) in [5.41, 5.74) is 6.94. The second-order valence-electron chi connectivity index (χ2n) is 4.53. The standard InChI is InChI=1S/C12H21N3O/c1-15-11(5-7-14-15)6-8-16-12-4-2-3-10(12)9-13/h5,7,10,12H,2-4,6,8-9,13H2,1H3. The maximum Gasteiger partial charge on any atom is 0.0615 e. The molecule has 1 saturated carbocycles. The molecule has 1 heterocycles. The zero-order valence-corrected chi connectivity index (χ0v) is 9.93. The van der Waals surface area contributed by atoms with Gasteiger partial charge in [0.05, 0.1) is 12.7 Å². The van der Waals surface area contributed by atoms with Crippen molar-refractivity contribution in [2.45, 2.75) is 31.8 Å². The molecule has 0 radical (unpaired) electrons. The van der Waals surface area contributed by atoms with Crippen molar-refractivity contribution in [1.29, 1.82) is 0 Å². The number of nitrogens with zero attached hydrogens (tertiary/aromatic N) is 2. The molecule has 1 fully saturated rings. The number of aryl methyl sites for hydroxylation is 1. The molecule has 1 aromatic heterocycles. The molecule has 0 aromatic carbocycles. The van der Waals surface area contributed by atoms with Crippen LogP contribution < -0.4 is 5.73 Å². The van der Waals surface area contributed by atoms with Crippen LogP contribution in [0.25, 0.3) is 0 Å². The van der Waals surface area contributed by atoms with Crippen LogP contribution in [0.2, 0.25) is 0 Å². The van der Waals surface area contributed by atoms with E-state index in [4.69, 9.17) is 10.5 Å². The van der Waals surface area contributed by atoms with Gasteiger partial charge in [-0.15, -0.1) is 0 Å². The number of hydrogen-bond donors (Lipinski definition) is 1. The maximum absolute atomic E-state index is 5.91. The van der Waals surface area contributed by atoms with Gasteiger partial charge in [0.25, 0.3) is 0 Å². The number of rotatable bonds is 5. The van der Waals surface area contributed by atoms with Crippen molar-refractivity contribution in [3.8, 4) is 0 Å². The molecule has 1 aliphatic carbocycles. The van der Waals surface area contributed by atoms with Gasteiger partial charge in [0.15, 0.2) is 0 Å². The van der Waals surface area contributed by atoms with Crippen LogP contribution in [-0.4, -0.2) is 29.0 Å². The van der Waals surface area contributed by atoms with E-state index in [0.717, 1.165) is 19.6 Å². The molecule has 90 valence electrons. The Hall–Kier alpha value is -0.870. The van der Waals surface area contributed by atoms with Gasteiger partial charge in [-0.05, 0) is 31.4 Å². The Bertz CT molecular complexity index is 324. The van der Waals surface area contributed by atoms with Gasteiger partial charge < -0.3 is 10.5 Å². The molecule has 4 nitrogen and oxygen atoms in total. The Morgan fingerprint density at radius 2 is 2.44 bits per heavy atom. The minimum absolute atomic E-state index is 0.387. The minimum Gasteiger partial charge on any atom is -0.377 e. The van der Waals surface area contributed by atoms with Gasteiger partial charge in [0.2, 0.25) is 0 Å². The highest BCUT2D eigenvalue weighted by molar-refractivity contribution is 4.99. The fourth-order valence-electron chi connectivity index (χ4n) is 2.45. The van der Waals surface area contributed by atoms with E-state index in [1.165, 1.54) is 25.0 Å². The smallest absolute Gasteiger partial charge is 0.0615 e. The van der Waals surface area contributed by atoms with E-state index in [9.17, 15) is 0 Å². The third-order valence-corrected chi connectivity index (χ3v) is 3.50. The van der Waals surface area contributed by atoms with E-state index in [0.29, 0.717) is 12.0 Å². The van der Waals surface area contributed by atoms with E-state index in [-0.39, 0.29) is 0 Å². The lowest BCUT2D eigenvalue weighted by Crippen LogP contribution is -2.26. The van der Waals surface area contributed by atoms with Crippen LogP contribution >= 0.6 is 0 Å². The Labute approximate surface area is 96.8 Å². The van der Waals surface area contributed by atoms with Crippen molar-refractivity contribution in [2.24, 2.45) is 18.7 Å². The lowest BCUT2D eigenvalue weighted by Gasteiger charge is -2.18. The van der Waals surface area contributed by atoms with E-state index >= 15 is 0 Å². The molecule has 1 aromatic rings. The fraction of sp³-hybridized carbons (Fsp3) is 0.750. The van der Waals surface area contributed by atoms with Gasteiger partial charge in [-0.1, -0.05) is 6.42 Å². The molecule has 0 saturated heterocycles. The van der Waals surface area contributed by atoms with Crippen molar-refractivity contribution in [1.82, 2.24) is 9.78 Å². The third-order valence-electron chi connectivity index (χ3n) is 3.50. The van der Waals surface area contributed by atoms with E-state index in [1.54, 1.807) is 0 Å². The molecule has 1 aliphatic rings. The highest BCUT2D eigenvalue weighted by Crippen LogP contribution is 2.27. The van der Waals surface area contributed by atoms with Crippen molar-refractivity contribution < 1.29 is 4.74 Å². The predicted molar refractivity (Wildman–Crippen MR) is 63.0 cm³/mol. The van der Waals surface area contributed by atoms with Crippen LogP contribution in [0.3, 0.4) is 0 Å². The lowest BCUT2D eigenvalue weighted by atomic mass is 10.1. The first kappa shape index (κ1) is 11.6. The van der Waals surface area contributed by atoms with Gasteiger partial charge in [0.1, 0.15) is 0 Å². The van der Waals surface area contributed by atoms with Gasteiger partial charge in [0, 0.05) is 25.4 Å². The predicted octanol–water partition coefficient (Wildman–Crippen LogP) is 1.11. The van der Waals surface area contributed by atoms with Crippen LogP contribution in [0.15, 0.2) is 12.3 Å². The molecule has 2 N–H and O–H groups in total. The summed E-state index contributed by atoms with van der Waals surface area (Å²) >= 11 is 0. The lowest BCUT2D eigenvalue weighted by molar-refractivity contribution is 0.0314. The summed E-state index contributed by atoms with van der Waals surface area (Å²) in [6.07, 6.45) is 6.81. The summed E-state index contributed by atoms with van der Waals surface area (Å²) in [6.45, 7) is 1.54. The van der Waals surface area contributed by atoms with E-state index in [1.807, 2.05) is 24.0 Å². The Morgan fingerprint density at radius 3 is 3.12 bits per heavy atom. The van der Waals surface area contributed by atoms with Crippen LogP contribution in [0, 0.1) is 5.92 Å². The summed E-state index contributed by atoms with van der Waals surface area (Å²) < 4.78 is 7.81. The second kappa shape index (κ2) is 5.46. The molecule has 4 heteroatoms. The minimum atomic E-state index is 0.387. The van der Waals surface area contributed by atoms with Crippen molar-refractivity contribution in [3.63, 3.8) is 0 Å². The molecule has 2 unspecified atom stereocenters. The first-order valence-corrected chi connectivity index (χ1v) is 6.10. The normalized spacial score (nSPS) is 25.1. The average molecular weight is 223 g/mol. The zero-order chi connectivity index (χ0) is 11.4. The number of ether oxygens (including phenoxy) is 1. The highest BCUT2D eigenvalue weighted by atomic mass is 16.5. The van der Waals surface area contributed by atoms with Crippen LogP contribution in [0.4, 0.5) is 0 Å². The number of hydrogen-bond acceptors (Lipinski definition) is 3. The van der Waals surface area contributed by atoms with Gasteiger partial charge in [-0.2, -0.15) is 5.10 Å². The van der Waals surface area contributed by atoms with Crippen LogP contribution in [0.5, 0.6) is 0 Å². The van der Waals surface area contributed by atoms with Crippen molar-refractivity contribution in [3.05, 3.63) is 18.0 Å². The quantitative estimate of drug-likeness (QED) is 0.813.